The third-order valence-corrected chi connectivity index (χ3v) is 5.01. The molecule has 4 aromatic rings. The van der Waals surface area contributed by atoms with E-state index in [0.717, 1.165) is 16.6 Å². The molecule has 1 aromatic heterocycles. The number of nitro benzene ring substituents is 1. The number of rotatable bonds is 5. The van der Waals surface area contributed by atoms with E-state index in [9.17, 15) is 14.9 Å². The fraction of sp³-hybridized carbons (Fsp3) is 0.130. The highest BCUT2D eigenvalue weighted by Gasteiger charge is 2.18. The predicted molar refractivity (Wildman–Crippen MR) is 117 cm³/mol. The summed E-state index contributed by atoms with van der Waals surface area (Å²) in [6.45, 7) is 4.03. The molecule has 0 fully saturated rings. The molecule has 3 aromatic carbocycles. The second-order valence-electron chi connectivity index (χ2n) is 7.10. The summed E-state index contributed by atoms with van der Waals surface area (Å²) in [5, 5.41) is 14.0. The number of hydrogen-bond donors (Lipinski definition) is 1. The number of ether oxygens (including phenoxy) is 1. The summed E-state index contributed by atoms with van der Waals surface area (Å²) < 4.78 is 10.9. The lowest BCUT2D eigenvalue weighted by Crippen LogP contribution is -2.12. The first-order valence-corrected chi connectivity index (χ1v) is 9.47. The van der Waals surface area contributed by atoms with Crippen LogP contribution in [0.25, 0.3) is 22.6 Å². The Labute approximate surface area is 177 Å². The van der Waals surface area contributed by atoms with E-state index < -0.39 is 10.8 Å². The largest absolute Gasteiger partial charge is 0.490 e. The number of carbonyl (C=O) groups is 1. The highest BCUT2D eigenvalue weighted by Crippen LogP contribution is 2.29. The first-order valence-electron chi connectivity index (χ1n) is 9.47. The van der Waals surface area contributed by atoms with E-state index in [1.165, 1.54) is 25.3 Å². The second-order valence-corrected chi connectivity index (χ2v) is 7.10. The van der Waals surface area contributed by atoms with Gasteiger partial charge in [-0.25, -0.2) is 4.98 Å². The van der Waals surface area contributed by atoms with Gasteiger partial charge in [-0.05, 0) is 67.4 Å². The van der Waals surface area contributed by atoms with Gasteiger partial charge in [-0.3, -0.25) is 14.9 Å². The Morgan fingerprint density at radius 2 is 1.87 bits per heavy atom. The standard InChI is InChI=1S/C23H19N3O5/c1-13-9-18-21(10-14(13)2)31-23(25-18)16-5-4-6-17(11-16)24-22(27)15-7-8-20(30-3)19(12-15)26(28)29/h4-12H,1-3H3,(H,24,27). The topological polar surface area (TPSA) is 108 Å². The van der Waals surface area contributed by atoms with Crippen LogP contribution in [0.15, 0.2) is 59.0 Å². The average Bonchev–Trinajstić information content (AvgIpc) is 3.16. The summed E-state index contributed by atoms with van der Waals surface area (Å²) in [5.74, 6) is 0.0490. The Bertz CT molecular complexity index is 1290. The Hall–Kier alpha value is -4.20. The van der Waals surface area contributed by atoms with Crippen molar-refractivity contribution < 1.29 is 18.9 Å². The molecule has 31 heavy (non-hydrogen) atoms. The van der Waals surface area contributed by atoms with Gasteiger partial charge in [0.25, 0.3) is 5.91 Å². The second kappa shape index (κ2) is 7.91. The molecule has 0 aliphatic heterocycles. The van der Waals surface area contributed by atoms with E-state index in [1.54, 1.807) is 18.2 Å². The van der Waals surface area contributed by atoms with Crippen molar-refractivity contribution in [2.75, 3.05) is 12.4 Å². The van der Waals surface area contributed by atoms with E-state index in [2.05, 4.69) is 10.3 Å². The molecule has 4 rings (SSSR count). The van der Waals surface area contributed by atoms with Crippen molar-refractivity contribution in [2.45, 2.75) is 13.8 Å². The number of nitrogens with zero attached hydrogens (tertiary/aromatic N) is 2. The Balaban J connectivity index is 1.61. The highest BCUT2D eigenvalue weighted by molar-refractivity contribution is 6.05. The number of benzene rings is 3. The molecular weight excluding hydrogens is 398 g/mol. The minimum Gasteiger partial charge on any atom is -0.490 e. The molecule has 1 heterocycles. The predicted octanol–water partition coefficient (Wildman–Crippen LogP) is 5.28. The van der Waals surface area contributed by atoms with Crippen LogP contribution >= 0.6 is 0 Å². The zero-order valence-corrected chi connectivity index (χ0v) is 17.1. The monoisotopic (exact) mass is 417 g/mol. The fourth-order valence-electron chi connectivity index (χ4n) is 3.21. The highest BCUT2D eigenvalue weighted by atomic mass is 16.6. The van der Waals surface area contributed by atoms with E-state index >= 15 is 0 Å². The number of oxazole rings is 1. The number of aromatic nitrogens is 1. The number of hydrogen-bond acceptors (Lipinski definition) is 6. The third-order valence-electron chi connectivity index (χ3n) is 5.01. The van der Waals surface area contributed by atoms with Gasteiger partial charge in [-0.2, -0.15) is 0 Å². The minimum atomic E-state index is -0.590. The fourth-order valence-corrected chi connectivity index (χ4v) is 3.21. The summed E-state index contributed by atoms with van der Waals surface area (Å²) in [6.07, 6.45) is 0. The third kappa shape index (κ3) is 3.95. The van der Waals surface area contributed by atoms with Crippen molar-refractivity contribution in [1.29, 1.82) is 0 Å². The van der Waals surface area contributed by atoms with Gasteiger partial charge in [-0.15, -0.1) is 0 Å². The normalized spacial score (nSPS) is 10.8. The lowest BCUT2D eigenvalue weighted by atomic mass is 10.1. The van der Waals surface area contributed by atoms with Gasteiger partial charge >= 0.3 is 5.69 Å². The van der Waals surface area contributed by atoms with Gasteiger partial charge in [0.2, 0.25) is 5.89 Å². The molecule has 0 saturated carbocycles. The molecule has 0 radical (unpaired) electrons. The number of fused-ring (bicyclic) bond motifs is 1. The van der Waals surface area contributed by atoms with Crippen LogP contribution in [0.1, 0.15) is 21.5 Å². The molecule has 8 heteroatoms. The maximum absolute atomic E-state index is 12.6. The number of anilines is 1. The number of aryl methyl sites for hydroxylation is 2. The van der Waals surface area contributed by atoms with Crippen LogP contribution in [-0.2, 0) is 0 Å². The summed E-state index contributed by atoms with van der Waals surface area (Å²) in [7, 11) is 1.34. The van der Waals surface area contributed by atoms with E-state index in [0.29, 0.717) is 22.7 Å². The minimum absolute atomic E-state index is 0.0879. The molecule has 1 amide bonds. The number of nitrogens with one attached hydrogen (secondary N) is 1. The van der Waals surface area contributed by atoms with Crippen molar-refractivity contribution in [2.24, 2.45) is 0 Å². The Morgan fingerprint density at radius 1 is 1.10 bits per heavy atom. The van der Waals surface area contributed by atoms with Crippen LogP contribution in [0.5, 0.6) is 5.75 Å². The zero-order valence-electron chi connectivity index (χ0n) is 17.1. The van der Waals surface area contributed by atoms with Gasteiger partial charge in [-0.1, -0.05) is 6.07 Å². The van der Waals surface area contributed by atoms with Crippen LogP contribution in [-0.4, -0.2) is 22.9 Å². The Kier molecular flexibility index (Phi) is 5.12. The van der Waals surface area contributed by atoms with Crippen LogP contribution in [0.2, 0.25) is 0 Å². The number of amides is 1. The average molecular weight is 417 g/mol. The zero-order chi connectivity index (χ0) is 22.1. The molecule has 0 aliphatic rings. The van der Waals surface area contributed by atoms with E-state index in [-0.39, 0.29) is 17.0 Å². The molecule has 0 unspecified atom stereocenters. The molecule has 8 nitrogen and oxygen atoms in total. The van der Waals surface area contributed by atoms with Crippen molar-refractivity contribution in [3.63, 3.8) is 0 Å². The number of methoxy groups -OCH3 is 1. The van der Waals surface area contributed by atoms with Gasteiger partial charge < -0.3 is 14.5 Å². The van der Waals surface area contributed by atoms with Gasteiger partial charge in [0, 0.05) is 22.9 Å². The maximum atomic E-state index is 12.6. The van der Waals surface area contributed by atoms with Crippen LogP contribution in [0, 0.1) is 24.0 Å². The lowest BCUT2D eigenvalue weighted by Gasteiger charge is -2.07. The SMILES string of the molecule is COc1ccc(C(=O)Nc2cccc(-c3nc4cc(C)c(C)cc4o3)c2)cc1[N+](=O)[O-]. The summed E-state index contributed by atoms with van der Waals surface area (Å²) in [5.41, 5.74) is 4.77. The molecule has 156 valence electrons. The molecule has 1 N–H and O–H groups in total. The summed E-state index contributed by atoms with van der Waals surface area (Å²) in [6, 6.07) is 15.0. The smallest absolute Gasteiger partial charge is 0.311 e. The molecule has 0 saturated heterocycles. The van der Waals surface area contributed by atoms with Crippen molar-refractivity contribution in [3.05, 3.63) is 81.4 Å². The molecule has 0 bridgehead atoms. The van der Waals surface area contributed by atoms with Gasteiger partial charge in [0.1, 0.15) is 5.52 Å². The number of nitro groups is 1. The number of carbonyl (C=O) groups excluding carboxylic acids is 1. The first kappa shape index (κ1) is 20.1. The summed E-state index contributed by atoms with van der Waals surface area (Å²) in [4.78, 5) is 27.8. The quantitative estimate of drug-likeness (QED) is 0.350. The maximum Gasteiger partial charge on any atom is 0.311 e. The summed E-state index contributed by atoms with van der Waals surface area (Å²) >= 11 is 0. The van der Waals surface area contributed by atoms with Crippen molar-refractivity contribution in [1.82, 2.24) is 4.98 Å². The molecule has 0 spiro atoms. The lowest BCUT2D eigenvalue weighted by molar-refractivity contribution is -0.385. The van der Waals surface area contributed by atoms with E-state index in [4.69, 9.17) is 9.15 Å². The van der Waals surface area contributed by atoms with Gasteiger partial charge in [0.15, 0.2) is 11.3 Å². The van der Waals surface area contributed by atoms with Crippen LogP contribution in [0.3, 0.4) is 0 Å². The first-order chi connectivity index (χ1) is 14.9. The van der Waals surface area contributed by atoms with Gasteiger partial charge in [0.05, 0.1) is 12.0 Å². The van der Waals surface area contributed by atoms with Crippen LogP contribution < -0.4 is 10.1 Å². The molecule has 0 atom stereocenters. The van der Waals surface area contributed by atoms with Crippen molar-refractivity contribution in [3.8, 4) is 17.2 Å². The molecular formula is C23H19N3O5. The van der Waals surface area contributed by atoms with E-state index in [1.807, 2.05) is 32.0 Å². The molecule has 0 aliphatic carbocycles. The van der Waals surface area contributed by atoms with Crippen molar-refractivity contribution >= 4 is 28.4 Å². The Morgan fingerprint density at radius 3 is 2.61 bits per heavy atom. The van der Waals surface area contributed by atoms with Crippen LogP contribution in [0.4, 0.5) is 11.4 Å².